The Morgan fingerprint density at radius 1 is 1.40 bits per heavy atom. The van der Waals surface area contributed by atoms with Gasteiger partial charge < -0.3 is 4.74 Å². The Labute approximate surface area is 88.9 Å². The fourth-order valence-corrected chi connectivity index (χ4v) is 1.56. The van der Waals surface area contributed by atoms with Crippen molar-refractivity contribution in [2.24, 2.45) is 5.92 Å². The van der Waals surface area contributed by atoms with Crippen LogP contribution in [0, 0.1) is 17.2 Å². The van der Waals surface area contributed by atoms with Crippen LogP contribution in [0.5, 0.6) is 5.88 Å². The molecule has 0 radical (unpaired) electrons. The lowest BCUT2D eigenvalue weighted by Gasteiger charge is -2.24. The SMILES string of the molecule is N#Cc1cnc(OCCC2CCC2)cn1. The summed E-state index contributed by atoms with van der Waals surface area (Å²) in [5.74, 6) is 1.35. The van der Waals surface area contributed by atoms with Crippen molar-refractivity contribution >= 4 is 0 Å². The Bertz CT molecular complexity index is 351. The van der Waals surface area contributed by atoms with Crippen LogP contribution in [0.1, 0.15) is 31.4 Å². The van der Waals surface area contributed by atoms with Crippen LogP contribution >= 0.6 is 0 Å². The first-order valence-electron chi connectivity index (χ1n) is 5.23. The fourth-order valence-electron chi connectivity index (χ4n) is 1.56. The van der Waals surface area contributed by atoms with Crippen LogP contribution in [0.25, 0.3) is 0 Å². The van der Waals surface area contributed by atoms with Gasteiger partial charge in [-0.1, -0.05) is 19.3 Å². The molecule has 1 heterocycles. The first kappa shape index (κ1) is 9.91. The van der Waals surface area contributed by atoms with Crippen molar-refractivity contribution in [2.45, 2.75) is 25.7 Å². The van der Waals surface area contributed by atoms with Crippen LogP contribution in [0.4, 0.5) is 0 Å². The van der Waals surface area contributed by atoms with E-state index in [0.717, 1.165) is 12.3 Å². The maximum Gasteiger partial charge on any atom is 0.232 e. The van der Waals surface area contributed by atoms with Crippen LogP contribution in [0.3, 0.4) is 0 Å². The van der Waals surface area contributed by atoms with Gasteiger partial charge in [-0.2, -0.15) is 5.26 Å². The Morgan fingerprint density at radius 2 is 2.27 bits per heavy atom. The molecule has 0 amide bonds. The summed E-state index contributed by atoms with van der Waals surface area (Å²) < 4.78 is 5.43. The molecule has 0 saturated heterocycles. The molecule has 15 heavy (non-hydrogen) atoms. The largest absolute Gasteiger partial charge is 0.477 e. The second-order valence-corrected chi connectivity index (χ2v) is 3.79. The van der Waals surface area contributed by atoms with E-state index in [2.05, 4.69) is 9.97 Å². The molecule has 0 aliphatic heterocycles. The minimum absolute atomic E-state index is 0.321. The number of rotatable bonds is 4. The predicted molar refractivity (Wildman–Crippen MR) is 54.2 cm³/mol. The summed E-state index contributed by atoms with van der Waals surface area (Å²) in [4.78, 5) is 7.86. The molecule has 1 saturated carbocycles. The highest BCUT2D eigenvalue weighted by Crippen LogP contribution is 2.29. The molecule has 0 N–H and O–H groups in total. The van der Waals surface area contributed by atoms with E-state index in [1.807, 2.05) is 6.07 Å². The standard InChI is InChI=1S/C11H13N3O/c12-6-10-7-14-11(8-13-10)15-5-4-9-2-1-3-9/h7-9H,1-5H2. The van der Waals surface area contributed by atoms with Crippen molar-refractivity contribution in [1.29, 1.82) is 5.26 Å². The van der Waals surface area contributed by atoms with Crippen LogP contribution in [0.15, 0.2) is 12.4 Å². The lowest BCUT2D eigenvalue weighted by molar-refractivity contribution is 0.217. The molecule has 0 atom stereocenters. The van der Waals surface area contributed by atoms with Gasteiger partial charge in [-0.15, -0.1) is 0 Å². The van der Waals surface area contributed by atoms with Crippen molar-refractivity contribution in [3.63, 3.8) is 0 Å². The van der Waals surface area contributed by atoms with Gasteiger partial charge in [-0.05, 0) is 12.3 Å². The molecule has 1 aromatic rings. The molecule has 0 unspecified atom stereocenters. The Kier molecular flexibility index (Phi) is 3.13. The van der Waals surface area contributed by atoms with Gasteiger partial charge in [0.05, 0.1) is 19.0 Å². The van der Waals surface area contributed by atoms with E-state index < -0.39 is 0 Å². The Balaban J connectivity index is 1.75. The van der Waals surface area contributed by atoms with Gasteiger partial charge in [0.2, 0.25) is 5.88 Å². The van der Waals surface area contributed by atoms with Crippen LogP contribution in [0.2, 0.25) is 0 Å². The summed E-state index contributed by atoms with van der Waals surface area (Å²) in [6.45, 7) is 0.700. The summed E-state index contributed by atoms with van der Waals surface area (Å²) in [7, 11) is 0. The molecule has 0 aromatic carbocycles. The second-order valence-electron chi connectivity index (χ2n) is 3.79. The highest BCUT2D eigenvalue weighted by atomic mass is 16.5. The van der Waals surface area contributed by atoms with Crippen molar-refractivity contribution < 1.29 is 4.74 Å². The van der Waals surface area contributed by atoms with Gasteiger partial charge in [-0.3, -0.25) is 0 Å². The van der Waals surface area contributed by atoms with Crippen molar-refractivity contribution in [3.8, 4) is 11.9 Å². The van der Waals surface area contributed by atoms with Crippen LogP contribution in [-0.4, -0.2) is 16.6 Å². The van der Waals surface area contributed by atoms with Crippen molar-refractivity contribution in [2.75, 3.05) is 6.61 Å². The lowest BCUT2D eigenvalue weighted by atomic mass is 9.83. The lowest BCUT2D eigenvalue weighted by Crippen LogP contribution is -2.14. The number of nitriles is 1. The zero-order valence-corrected chi connectivity index (χ0v) is 8.52. The van der Waals surface area contributed by atoms with Gasteiger partial charge in [0.25, 0.3) is 0 Å². The molecule has 1 aliphatic rings. The van der Waals surface area contributed by atoms with E-state index in [9.17, 15) is 0 Å². The van der Waals surface area contributed by atoms with Gasteiger partial charge in [0.1, 0.15) is 6.07 Å². The number of hydrogen-bond acceptors (Lipinski definition) is 4. The summed E-state index contributed by atoms with van der Waals surface area (Å²) in [5, 5.41) is 8.52. The monoisotopic (exact) mass is 203 g/mol. The average Bonchev–Trinajstić information content (AvgIpc) is 2.23. The van der Waals surface area contributed by atoms with Crippen LogP contribution in [-0.2, 0) is 0 Å². The van der Waals surface area contributed by atoms with Crippen molar-refractivity contribution in [1.82, 2.24) is 9.97 Å². The van der Waals surface area contributed by atoms with E-state index in [1.54, 1.807) is 0 Å². The van der Waals surface area contributed by atoms with E-state index in [1.165, 1.54) is 31.7 Å². The molecular weight excluding hydrogens is 190 g/mol. The highest BCUT2D eigenvalue weighted by Gasteiger charge is 2.16. The number of ether oxygens (including phenoxy) is 1. The van der Waals surface area contributed by atoms with Gasteiger partial charge in [0.15, 0.2) is 5.69 Å². The van der Waals surface area contributed by atoms with E-state index in [-0.39, 0.29) is 0 Å². The summed E-state index contributed by atoms with van der Waals surface area (Å²) in [5.41, 5.74) is 0.321. The first-order chi connectivity index (χ1) is 7.38. The Hall–Kier alpha value is -1.63. The third-order valence-electron chi connectivity index (χ3n) is 2.74. The minimum atomic E-state index is 0.321. The topological polar surface area (TPSA) is 58.8 Å². The van der Waals surface area contributed by atoms with Crippen molar-refractivity contribution in [3.05, 3.63) is 18.1 Å². The number of hydrogen-bond donors (Lipinski definition) is 0. The molecule has 1 aliphatic carbocycles. The maximum atomic E-state index is 8.52. The Morgan fingerprint density at radius 3 is 2.80 bits per heavy atom. The fraction of sp³-hybridized carbons (Fsp3) is 0.545. The normalized spacial score (nSPS) is 15.4. The molecule has 0 bridgehead atoms. The highest BCUT2D eigenvalue weighted by molar-refractivity contribution is 5.18. The molecular formula is C11H13N3O. The molecule has 4 heteroatoms. The summed E-state index contributed by atoms with van der Waals surface area (Å²) in [6, 6.07) is 1.92. The maximum absolute atomic E-state index is 8.52. The molecule has 2 rings (SSSR count). The van der Waals surface area contributed by atoms with Gasteiger partial charge >= 0.3 is 0 Å². The number of nitrogens with zero attached hydrogens (tertiary/aromatic N) is 3. The smallest absolute Gasteiger partial charge is 0.232 e. The van der Waals surface area contributed by atoms with Crippen LogP contribution < -0.4 is 4.74 Å². The molecule has 78 valence electrons. The zero-order valence-electron chi connectivity index (χ0n) is 8.52. The summed E-state index contributed by atoms with van der Waals surface area (Å²) in [6.07, 6.45) is 8.06. The van der Waals surface area contributed by atoms with Gasteiger partial charge in [0, 0.05) is 0 Å². The quantitative estimate of drug-likeness (QED) is 0.750. The van der Waals surface area contributed by atoms with E-state index in [4.69, 9.17) is 10.00 Å². The molecule has 1 fully saturated rings. The van der Waals surface area contributed by atoms with Gasteiger partial charge in [-0.25, -0.2) is 9.97 Å². The van der Waals surface area contributed by atoms with E-state index in [0.29, 0.717) is 18.2 Å². The molecule has 4 nitrogen and oxygen atoms in total. The third-order valence-corrected chi connectivity index (χ3v) is 2.74. The third kappa shape index (κ3) is 2.66. The van der Waals surface area contributed by atoms with E-state index >= 15 is 0 Å². The predicted octanol–water partition coefficient (Wildman–Crippen LogP) is 1.92. The molecule has 0 spiro atoms. The first-order valence-corrected chi connectivity index (χ1v) is 5.23. The minimum Gasteiger partial charge on any atom is -0.477 e. The second kappa shape index (κ2) is 4.74. The number of aromatic nitrogens is 2. The summed E-state index contributed by atoms with van der Waals surface area (Å²) >= 11 is 0. The average molecular weight is 203 g/mol. The molecule has 1 aromatic heterocycles. The zero-order chi connectivity index (χ0) is 10.5.